The van der Waals surface area contributed by atoms with Gasteiger partial charge < -0.3 is 15.6 Å². The number of nitrogens with zero attached hydrogens (tertiary/aromatic N) is 2. The Morgan fingerprint density at radius 2 is 1.68 bits per heavy atom. The summed E-state index contributed by atoms with van der Waals surface area (Å²) in [5, 5.41) is 25.1. The van der Waals surface area contributed by atoms with Crippen LogP contribution in [0.4, 0.5) is 13.8 Å². The zero-order chi connectivity index (χ0) is 25.0. The number of rotatable bonds is 8. The zero-order valence-electron chi connectivity index (χ0n) is 18.1. The first-order valence-corrected chi connectivity index (χ1v) is 12.1. The van der Waals surface area contributed by atoms with E-state index in [2.05, 4.69) is 10.5 Å². The van der Waals surface area contributed by atoms with E-state index in [0.29, 0.717) is 5.56 Å². The Morgan fingerprint density at radius 3 is 2.24 bits per heavy atom. The molecule has 0 radical (unpaired) electrons. The lowest BCUT2D eigenvalue weighted by atomic mass is 10.1. The summed E-state index contributed by atoms with van der Waals surface area (Å²) in [4.78, 5) is 12.6. The molecule has 0 aliphatic rings. The van der Waals surface area contributed by atoms with Crippen LogP contribution in [0.15, 0.2) is 64.6 Å². The van der Waals surface area contributed by atoms with Crippen molar-refractivity contribution in [3.05, 3.63) is 82.2 Å². The molecule has 8 nitrogen and oxygen atoms in total. The average Bonchev–Trinajstić information content (AvgIpc) is 3.23. The van der Waals surface area contributed by atoms with E-state index >= 15 is 0 Å². The first-order chi connectivity index (χ1) is 16.0. The number of nitrogens with one attached hydrogen (secondary N) is 1. The van der Waals surface area contributed by atoms with Crippen molar-refractivity contribution in [1.82, 2.24) is 4.31 Å². The van der Waals surface area contributed by atoms with Crippen LogP contribution >= 0.6 is 11.3 Å². The molecular formula is C22H21F2N3O5S2. The Hall–Kier alpha value is -3.19. The Labute approximate surface area is 198 Å². The van der Waals surface area contributed by atoms with Gasteiger partial charge in [-0.15, -0.1) is 11.3 Å². The third-order valence-electron chi connectivity index (χ3n) is 4.91. The maximum atomic E-state index is 13.3. The van der Waals surface area contributed by atoms with E-state index in [1.165, 1.54) is 44.3 Å². The normalized spacial score (nSPS) is 13.2. The van der Waals surface area contributed by atoms with Crippen molar-refractivity contribution in [2.75, 3.05) is 18.9 Å². The molecule has 0 bridgehead atoms. The Balaban J connectivity index is 1.92. The molecule has 0 fully saturated rings. The largest absolute Gasteiger partial charge is 0.411 e. The van der Waals surface area contributed by atoms with Crippen molar-refractivity contribution in [3.8, 4) is 0 Å². The van der Waals surface area contributed by atoms with Crippen LogP contribution in [-0.2, 0) is 10.0 Å². The van der Waals surface area contributed by atoms with Crippen molar-refractivity contribution in [1.29, 1.82) is 0 Å². The molecule has 3 N–H and O–H groups in total. The third-order valence-corrected chi connectivity index (χ3v) is 8.05. The van der Waals surface area contributed by atoms with Gasteiger partial charge in [0, 0.05) is 19.2 Å². The van der Waals surface area contributed by atoms with E-state index in [0.717, 1.165) is 39.9 Å². The van der Waals surface area contributed by atoms with E-state index in [1.807, 2.05) is 0 Å². The first kappa shape index (κ1) is 25.4. The number of anilines is 1. The number of thiophene rings is 1. The number of aliphatic hydroxyl groups is 1. The summed E-state index contributed by atoms with van der Waals surface area (Å²) in [5.41, 5.74) is 0.549. The van der Waals surface area contributed by atoms with E-state index in [4.69, 9.17) is 5.21 Å². The fourth-order valence-corrected chi connectivity index (χ4v) is 5.59. The van der Waals surface area contributed by atoms with E-state index in [-0.39, 0.29) is 32.6 Å². The summed E-state index contributed by atoms with van der Waals surface area (Å²) < 4.78 is 53.9. The Bertz CT molecular complexity index is 1310. The maximum Gasteiger partial charge on any atom is 0.256 e. The van der Waals surface area contributed by atoms with Crippen molar-refractivity contribution >= 4 is 38.0 Å². The second-order valence-electron chi connectivity index (χ2n) is 7.30. The summed E-state index contributed by atoms with van der Waals surface area (Å²) >= 11 is 0.873. The van der Waals surface area contributed by atoms with Crippen LogP contribution in [0.5, 0.6) is 0 Å². The van der Waals surface area contributed by atoms with Crippen LogP contribution < -0.4 is 5.32 Å². The molecule has 34 heavy (non-hydrogen) atoms. The lowest BCUT2D eigenvalue weighted by Crippen LogP contribution is -2.31. The minimum Gasteiger partial charge on any atom is -0.411 e. The summed E-state index contributed by atoms with van der Waals surface area (Å²) in [5.74, 6) is -1.70. The van der Waals surface area contributed by atoms with Gasteiger partial charge in [-0.2, -0.15) is 4.31 Å². The number of hydrogen-bond donors (Lipinski definition) is 3. The monoisotopic (exact) mass is 509 g/mol. The number of carbonyl (C=O) groups is 1. The van der Waals surface area contributed by atoms with E-state index in [9.17, 15) is 27.1 Å². The molecule has 0 saturated heterocycles. The zero-order valence-corrected chi connectivity index (χ0v) is 19.7. The van der Waals surface area contributed by atoms with Gasteiger partial charge in [0.05, 0.1) is 16.7 Å². The molecule has 3 aromatic rings. The van der Waals surface area contributed by atoms with Crippen LogP contribution in [0.25, 0.3) is 0 Å². The van der Waals surface area contributed by atoms with Gasteiger partial charge in [0.15, 0.2) is 0 Å². The van der Waals surface area contributed by atoms with Gasteiger partial charge in [-0.05, 0) is 55.0 Å². The predicted octanol–water partition coefficient (Wildman–Crippen LogP) is 3.83. The molecule has 12 heteroatoms. The first-order valence-electron chi connectivity index (χ1n) is 9.82. The number of hydrogen-bond acceptors (Lipinski definition) is 7. The van der Waals surface area contributed by atoms with E-state index < -0.39 is 33.7 Å². The van der Waals surface area contributed by atoms with Crippen molar-refractivity contribution in [3.63, 3.8) is 0 Å². The van der Waals surface area contributed by atoms with Crippen molar-refractivity contribution in [2.45, 2.75) is 17.9 Å². The van der Waals surface area contributed by atoms with Gasteiger partial charge in [-0.25, -0.2) is 17.2 Å². The summed E-state index contributed by atoms with van der Waals surface area (Å²) in [7, 11) is -2.99. The second kappa shape index (κ2) is 10.4. The minimum absolute atomic E-state index is 0.0459. The standard InChI is InChI=1S/C22H21F2N3O5S2/c1-13(26-30)19-11-20(22(33-19)25-21(29)15-5-9-17(24)10-6-15)34(31,32)27(2)12-18(28)14-3-7-16(23)8-4-14/h3-11,18,28,30H,12H2,1-2H3,(H,25,29). The molecule has 1 unspecified atom stereocenters. The quantitative estimate of drug-likeness (QED) is 0.242. The van der Waals surface area contributed by atoms with Gasteiger partial charge >= 0.3 is 0 Å². The maximum absolute atomic E-state index is 13.3. The molecule has 0 spiro atoms. The highest BCUT2D eigenvalue weighted by molar-refractivity contribution is 7.89. The minimum atomic E-state index is -4.24. The highest BCUT2D eigenvalue weighted by Crippen LogP contribution is 2.35. The number of sulfonamides is 1. The van der Waals surface area contributed by atoms with Crippen molar-refractivity contribution < 1.29 is 32.3 Å². The highest BCUT2D eigenvalue weighted by atomic mass is 32.2. The number of halogens is 2. The average molecular weight is 510 g/mol. The molecule has 1 aromatic heterocycles. The molecule has 0 aliphatic heterocycles. The van der Waals surface area contributed by atoms with Crippen LogP contribution in [0.2, 0.25) is 0 Å². The van der Waals surface area contributed by atoms with Gasteiger partial charge in [-0.1, -0.05) is 17.3 Å². The van der Waals surface area contributed by atoms with Crippen LogP contribution in [0.3, 0.4) is 0 Å². The predicted molar refractivity (Wildman–Crippen MR) is 124 cm³/mol. The Kier molecular flexibility index (Phi) is 7.77. The van der Waals surface area contributed by atoms with Crippen LogP contribution in [0, 0.1) is 11.6 Å². The molecule has 0 saturated carbocycles. The molecule has 1 heterocycles. The summed E-state index contributed by atoms with van der Waals surface area (Å²) in [6.07, 6.45) is -1.24. The van der Waals surface area contributed by atoms with Crippen molar-refractivity contribution in [2.24, 2.45) is 5.16 Å². The summed E-state index contributed by atoms with van der Waals surface area (Å²) in [6.45, 7) is 1.10. The van der Waals surface area contributed by atoms with Gasteiger partial charge in [0.2, 0.25) is 10.0 Å². The van der Waals surface area contributed by atoms with Crippen LogP contribution in [0.1, 0.15) is 33.8 Å². The Morgan fingerprint density at radius 1 is 1.12 bits per heavy atom. The smallest absolute Gasteiger partial charge is 0.256 e. The van der Waals surface area contributed by atoms with E-state index in [1.54, 1.807) is 0 Å². The molecule has 3 rings (SSSR count). The number of oxime groups is 1. The third kappa shape index (κ3) is 5.65. The SMILES string of the molecule is CC(=NO)c1cc(S(=O)(=O)N(C)CC(O)c2ccc(F)cc2)c(NC(=O)c2ccc(F)cc2)s1. The van der Waals surface area contributed by atoms with Gasteiger partial charge in [0.25, 0.3) is 5.91 Å². The lowest BCUT2D eigenvalue weighted by Gasteiger charge is -2.21. The van der Waals surface area contributed by atoms with Crippen LogP contribution in [-0.4, -0.2) is 48.2 Å². The molecule has 1 amide bonds. The lowest BCUT2D eigenvalue weighted by molar-refractivity contribution is 0.102. The molecule has 180 valence electrons. The fourth-order valence-electron chi connectivity index (χ4n) is 2.96. The number of aliphatic hydroxyl groups excluding tert-OH is 1. The highest BCUT2D eigenvalue weighted by Gasteiger charge is 2.30. The molecule has 0 aliphatic carbocycles. The molecule has 1 atom stereocenters. The molecular weight excluding hydrogens is 488 g/mol. The summed E-state index contributed by atoms with van der Waals surface area (Å²) in [6, 6.07) is 10.9. The number of amides is 1. The number of benzene rings is 2. The van der Waals surface area contributed by atoms with Gasteiger partial charge in [-0.3, -0.25) is 4.79 Å². The topological polar surface area (TPSA) is 119 Å². The molecule has 2 aromatic carbocycles. The second-order valence-corrected chi connectivity index (χ2v) is 10.4. The number of carbonyl (C=O) groups excluding carboxylic acids is 1. The van der Waals surface area contributed by atoms with Gasteiger partial charge in [0.1, 0.15) is 21.5 Å². The number of likely N-dealkylation sites (N-methyl/N-ethyl adjacent to an activating group) is 1. The fraction of sp³-hybridized carbons (Fsp3) is 0.182.